The van der Waals surface area contributed by atoms with Gasteiger partial charge in [-0.2, -0.15) is 0 Å². The molecule has 0 bridgehead atoms. The number of rotatable bonds is 27. The third-order valence-corrected chi connectivity index (χ3v) is 7.40. The summed E-state index contributed by atoms with van der Waals surface area (Å²) in [6.07, 6.45) is 14.2. The second-order valence-corrected chi connectivity index (χ2v) is 11.1. The summed E-state index contributed by atoms with van der Waals surface area (Å²) >= 11 is 0. The van der Waals surface area contributed by atoms with Crippen LogP contribution in [0.3, 0.4) is 0 Å². The van der Waals surface area contributed by atoms with E-state index >= 15 is 0 Å². The molecule has 0 aromatic carbocycles. The van der Waals surface area contributed by atoms with Crippen molar-refractivity contribution < 1.29 is 35.4 Å². The Hall–Kier alpha value is -0.770. The smallest absolute Gasteiger partial charge is 0.222 e. The first-order valence-corrected chi connectivity index (χ1v) is 15.6. The third kappa shape index (κ3) is 19.3. The molecule has 0 saturated carbocycles. The first kappa shape index (κ1) is 37.2. The molecule has 0 aromatic rings. The molecule has 0 aliphatic rings. The maximum atomic E-state index is 12.6. The molecule has 0 aliphatic heterocycles. The van der Waals surface area contributed by atoms with Gasteiger partial charge in [-0.25, -0.2) is 0 Å². The first-order valence-electron chi connectivity index (χ1n) is 15.6. The molecule has 5 unspecified atom stereocenters. The largest absolute Gasteiger partial charge is 0.394 e. The molecule has 0 aromatic heterocycles. The SMILES string of the molecule is CCCCCCCCCCCCCCCCC(O)CCCC(=O)N(CCC)CC(O)C(O)C(O)C(O)CO. The lowest BCUT2D eigenvalue weighted by Gasteiger charge is -2.30. The molecule has 228 valence electrons. The van der Waals surface area contributed by atoms with Crippen molar-refractivity contribution in [2.24, 2.45) is 0 Å². The summed E-state index contributed by atoms with van der Waals surface area (Å²) in [4.78, 5) is 14.1. The van der Waals surface area contributed by atoms with Gasteiger partial charge in [0.25, 0.3) is 0 Å². The molecule has 0 spiro atoms. The van der Waals surface area contributed by atoms with Crippen molar-refractivity contribution in [1.29, 1.82) is 0 Å². The number of aliphatic hydroxyl groups excluding tert-OH is 6. The van der Waals surface area contributed by atoms with Crippen LogP contribution in [0.1, 0.15) is 136 Å². The van der Waals surface area contributed by atoms with Gasteiger partial charge in [0, 0.05) is 19.5 Å². The highest BCUT2D eigenvalue weighted by molar-refractivity contribution is 5.76. The zero-order valence-corrected chi connectivity index (χ0v) is 24.5. The van der Waals surface area contributed by atoms with E-state index in [4.69, 9.17) is 5.11 Å². The van der Waals surface area contributed by atoms with Crippen LogP contribution in [0.4, 0.5) is 0 Å². The lowest BCUT2D eigenvalue weighted by atomic mass is 10.0. The molecular formula is C30H61NO7. The fourth-order valence-corrected chi connectivity index (χ4v) is 4.85. The van der Waals surface area contributed by atoms with Crippen molar-refractivity contribution in [3.05, 3.63) is 0 Å². The van der Waals surface area contributed by atoms with Crippen molar-refractivity contribution in [2.45, 2.75) is 166 Å². The maximum Gasteiger partial charge on any atom is 0.222 e. The summed E-state index contributed by atoms with van der Waals surface area (Å²) < 4.78 is 0. The molecule has 0 saturated heterocycles. The monoisotopic (exact) mass is 547 g/mol. The standard InChI is InChI=1S/C30H61NO7/c1-3-5-6-7-8-9-10-11-12-13-14-15-16-17-19-25(33)20-18-21-28(36)31(22-4-2)23-26(34)29(37)30(38)27(35)24-32/h25-27,29-30,32-35,37-38H,3-24H2,1-2H3. The zero-order chi connectivity index (χ0) is 28.6. The fraction of sp³-hybridized carbons (Fsp3) is 0.967. The van der Waals surface area contributed by atoms with Gasteiger partial charge in [0.15, 0.2) is 0 Å². The van der Waals surface area contributed by atoms with Crippen LogP contribution < -0.4 is 0 Å². The van der Waals surface area contributed by atoms with Gasteiger partial charge in [-0.05, 0) is 25.7 Å². The molecule has 0 heterocycles. The highest BCUT2D eigenvalue weighted by Gasteiger charge is 2.31. The number of unbranched alkanes of at least 4 members (excludes halogenated alkanes) is 13. The van der Waals surface area contributed by atoms with Crippen LogP contribution in [-0.2, 0) is 4.79 Å². The molecule has 0 aliphatic carbocycles. The van der Waals surface area contributed by atoms with Gasteiger partial charge in [-0.3, -0.25) is 4.79 Å². The second kappa shape index (κ2) is 25.2. The number of carbonyl (C=O) groups is 1. The minimum atomic E-state index is -1.71. The normalized spacial score (nSPS) is 15.7. The average Bonchev–Trinajstić information content (AvgIpc) is 2.91. The molecular weight excluding hydrogens is 486 g/mol. The summed E-state index contributed by atoms with van der Waals surface area (Å²) in [6.45, 7) is 3.62. The Morgan fingerprint density at radius 1 is 0.605 bits per heavy atom. The number of aliphatic hydroxyl groups is 6. The highest BCUT2D eigenvalue weighted by atomic mass is 16.4. The molecule has 8 heteroatoms. The predicted octanol–water partition coefficient (Wildman–Crippen LogP) is 4.06. The lowest BCUT2D eigenvalue weighted by molar-refractivity contribution is -0.140. The van der Waals surface area contributed by atoms with Crippen molar-refractivity contribution in [3.8, 4) is 0 Å². The van der Waals surface area contributed by atoms with Gasteiger partial charge >= 0.3 is 0 Å². The van der Waals surface area contributed by atoms with E-state index < -0.39 is 37.1 Å². The Labute approximate surface area is 232 Å². The Morgan fingerprint density at radius 3 is 1.53 bits per heavy atom. The van der Waals surface area contributed by atoms with Gasteiger partial charge in [0.2, 0.25) is 5.91 Å². The van der Waals surface area contributed by atoms with Crippen LogP contribution in [0.2, 0.25) is 0 Å². The maximum absolute atomic E-state index is 12.6. The van der Waals surface area contributed by atoms with E-state index in [0.29, 0.717) is 25.8 Å². The third-order valence-electron chi connectivity index (χ3n) is 7.40. The van der Waals surface area contributed by atoms with Gasteiger partial charge in [0.1, 0.15) is 24.4 Å². The van der Waals surface area contributed by atoms with Crippen molar-refractivity contribution in [2.75, 3.05) is 19.7 Å². The molecule has 5 atom stereocenters. The predicted molar refractivity (Wildman–Crippen MR) is 153 cm³/mol. The summed E-state index contributed by atoms with van der Waals surface area (Å²) in [5, 5.41) is 58.7. The Kier molecular flexibility index (Phi) is 24.7. The van der Waals surface area contributed by atoms with Crippen LogP contribution >= 0.6 is 0 Å². The van der Waals surface area contributed by atoms with Crippen molar-refractivity contribution in [3.63, 3.8) is 0 Å². The van der Waals surface area contributed by atoms with Crippen LogP contribution in [0.5, 0.6) is 0 Å². The van der Waals surface area contributed by atoms with Crippen LogP contribution in [0.15, 0.2) is 0 Å². The molecule has 38 heavy (non-hydrogen) atoms. The summed E-state index contributed by atoms with van der Waals surface area (Å²) in [7, 11) is 0. The van der Waals surface area contributed by atoms with E-state index in [1.54, 1.807) is 0 Å². The van der Waals surface area contributed by atoms with Gasteiger partial charge < -0.3 is 35.5 Å². The number of amides is 1. The van der Waals surface area contributed by atoms with Crippen LogP contribution in [0, 0.1) is 0 Å². The van der Waals surface area contributed by atoms with Gasteiger partial charge in [0.05, 0.1) is 12.7 Å². The average molecular weight is 548 g/mol. The Bertz CT molecular complexity index is 537. The second-order valence-electron chi connectivity index (χ2n) is 11.1. The number of carbonyl (C=O) groups excluding carboxylic acids is 1. The van der Waals surface area contributed by atoms with Crippen molar-refractivity contribution >= 4 is 5.91 Å². The number of hydrogen-bond donors (Lipinski definition) is 6. The number of hydrogen-bond acceptors (Lipinski definition) is 7. The molecule has 8 nitrogen and oxygen atoms in total. The molecule has 0 fully saturated rings. The summed E-state index contributed by atoms with van der Waals surface area (Å²) in [5.41, 5.74) is 0. The van der Waals surface area contributed by atoms with Crippen molar-refractivity contribution in [1.82, 2.24) is 4.90 Å². The van der Waals surface area contributed by atoms with E-state index in [1.165, 1.54) is 81.9 Å². The minimum absolute atomic E-state index is 0.176. The van der Waals surface area contributed by atoms with E-state index in [0.717, 1.165) is 19.3 Å². The van der Waals surface area contributed by atoms with E-state index in [9.17, 15) is 30.3 Å². The number of nitrogens with zero attached hydrogens (tertiary/aromatic N) is 1. The van der Waals surface area contributed by atoms with E-state index in [-0.39, 0.29) is 18.9 Å². The lowest BCUT2D eigenvalue weighted by Crippen LogP contribution is -2.50. The molecule has 1 amide bonds. The van der Waals surface area contributed by atoms with Crippen LogP contribution in [0.25, 0.3) is 0 Å². The highest BCUT2D eigenvalue weighted by Crippen LogP contribution is 2.16. The minimum Gasteiger partial charge on any atom is -0.394 e. The van der Waals surface area contributed by atoms with E-state index in [1.807, 2.05) is 6.92 Å². The topological polar surface area (TPSA) is 142 Å². The quantitative estimate of drug-likeness (QED) is 0.0852. The summed E-state index contributed by atoms with van der Waals surface area (Å²) in [6, 6.07) is 0. The Morgan fingerprint density at radius 2 is 1.05 bits per heavy atom. The van der Waals surface area contributed by atoms with Crippen LogP contribution in [-0.4, -0.2) is 91.7 Å². The molecule has 6 N–H and O–H groups in total. The molecule has 0 radical (unpaired) electrons. The zero-order valence-electron chi connectivity index (χ0n) is 24.5. The Balaban J connectivity index is 3.91. The van der Waals surface area contributed by atoms with Gasteiger partial charge in [-0.1, -0.05) is 104 Å². The summed E-state index contributed by atoms with van der Waals surface area (Å²) in [5.74, 6) is -0.181. The fourth-order valence-electron chi connectivity index (χ4n) is 4.85. The van der Waals surface area contributed by atoms with Gasteiger partial charge in [-0.15, -0.1) is 0 Å². The molecule has 0 rings (SSSR count). The van der Waals surface area contributed by atoms with E-state index in [2.05, 4.69) is 6.92 Å². The first-order chi connectivity index (χ1) is 18.3.